The van der Waals surface area contributed by atoms with Gasteiger partial charge < -0.3 is 15.0 Å². The van der Waals surface area contributed by atoms with Gasteiger partial charge in [-0.1, -0.05) is 13.8 Å². The van der Waals surface area contributed by atoms with Gasteiger partial charge in [-0.3, -0.25) is 0 Å². The molecule has 3 heteroatoms. The first-order valence-corrected chi connectivity index (χ1v) is 7.24. The minimum atomic E-state index is -0.0416. The number of nitrogens with two attached hydrogens (primary N) is 1. The quantitative estimate of drug-likeness (QED) is 0.926. The van der Waals surface area contributed by atoms with Crippen LogP contribution in [0.15, 0.2) is 18.2 Å². The second-order valence-electron chi connectivity index (χ2n) is 6.45. The molecule has 20 heavy (non-hydrogen) atoms. The average Bonchev–Trinajstić information content (AvgIpc) is 2.61. The van der Waals surface area contributed by atoms with Crippen LogP contribution in [0.1, 0.15) is 39.0 Å². The van der Waals surface area contributed by atoms with Crippen molar-refractivity contribution in [3.05, 3.63) is 29.5 Å². The van der Waals surface area contributed by atoms with E-state index in [0.29, 0.717) is 6.54 Å². The molecule has 0 saturated heterocycles. The molecule has 0 unspecified atom stereocenters. The lowest BCUT2D eigenvalue weighted by atomic mass is 9.83. The maximum Gasteiger partial charge on any atom is 0.120 e. The van der Waals surface area contributed by atoms with Crippen molar-refractivity contribution in [2.75, 3.05) is 6.54 Å². The van der Waals surface area contributed by atoms with E-state index in [1.165, 1.54) is 22.2 Å². The zero-order valence-corrected chi connectivity index (χ0v) is 13.4. The van der Waals surface area contributed by atoms with Gasteiger partial charge in [-0.05, 0) is 44.5 Å². The van der Waals surface area contributed by atoms with Crippen molar-refractivity contribution < 1.29 is 4.74 Å². The Kier molecular flexibility index (Phi) is 3.83. The van der Waals surface area contributed by atoms with E-state index in [2.05, 4.69) is 44.5 Å². The van der Waals surface area contributed by atoms with E-state index >= 15 is 0 Å². The number of fused-ring (bicyclic) bond motifs is 1. The van der Waals surface area contributed by atoms with Gasteiger partial charge in [0, 0.05) is 35.6 Å². The molecule has 1 heterocycles. The van der Waals surface area contributed by atoms with Crippen LogP contribution >= 0.6 is 0 Å². The summed E-state index contributed by atoms with van der Waals surface area (Å²) < 4.78 is 8.07. The van der Waals surface area contributed by atoms with Crippen molar-refractivity contribution in [3.8, 4) is 5.75 Å². The lowest BCUT2D eigenvalue weighted by molar-refractivity contribution is 0.243. The maximum atomic E-state index is 5.99. The second kappa shape index (κ2) is 5.13. The third kappa shape index (κ3) is 2.42. The van der Waals surface area contributed by atoms with Crippen LogP contribution < -0.4 is 10.5 Å². The molecule has 2 rings (SSSR count). The van der Waals surface area contributed by atoms with E-state index in [4.69, 9.17) is 10.5 Å². The Morgan fingerprint density at radius 3 is 2.50 bits per heavy atom. The van der Waals surface area contributed by atoms with Crippen LogP contribution in [-0.2, 0) is 12.5 Å². The van der Waals surface area contributed by atoms with Crippen molar-refractivity contribution >= 4 is 10.9 Å². The second-order valence-corrected chi connectivity index (χ2v) is 6.45. The topological polar surface area (TPSA) is 40.2 Å². The summed E-state index contributed by atoms with van der Waals surface area (Å²) in [6, 6.07) is 6.33. The van der Waals surface area contributed by atoms with Gasteiger partial charge >= 0.3 is 0 Å². The molecule has 0 amide bonds. The Morgan fingerprint density at radius 1 is 1.30 bits per heavy atom. The number of ether oxygens (including phenoxy) is 1. The van der Waals surface area contributed by atoms with Gasteiger partial charge in [0.2, 0.25) is 0 Å². The molecule has 0 aliphatic heterocycles. The SMILES string of the molecule is Cc1c(C(C)(C)CN)c2cc(OC(C)C)ccc2n1C. The van der Waals surface area contributed by atoms with Crippen LogP contribution in [0.3, 0.4) is 0 Å². The Morgan fingerprint density at radius 2 is 1.95 bits per heavy atom. The monoisotopic (exact) mass is 274 g/mol. The zero-order chi connectivity index (χ0) is 15.1. The largest absolute Gasteiger partial charge is 0.491 e. The molecule has 0 aliphatic carbocycles. The third-order valence-electron chi connectivity index (χ3n) is 4.02. The number of nitrogens with zero attached hydrogens (tertiary/aromatic N) is 1. The number of aryl methyl sites for hydroxylation is 1. The highest BCUT2D eigenvalue weighted by molar-refractivity contribution is 5.88. The summed E-state index contributed by atoms with van der Waals surface area (Å²) in [5.74, 6) is 0.923. The Labute approximate surface area is 121 Å². The van der Waals surface area contributed by atoms with Crippen LogP contribution in [0.2, 0.25) is 0 Å². The molecule has 1 aromatic carbocycles. The highest BCUT2D eigenvalue weighted by Gasteiger charge is 2.26. The van der Waals surface area contributed by atoms with Crippen molar-refractivity contribution in [3.63, 3.8) is 0 Å². The molecule has 0 aliphatic rings. The summed E-state index contributed by atoms with van der Waals surface area (Å²) in [4.78, 5) is 0. The van der Waals surface area contributed by atoms with Crippen molar-refractivity contribution in [2.24, 2.45) is 12.8 Å². The van der Waals surface area contributed by atoms with Crippen molar-refractivity contribution in [2.45, 2.75) is 46.1 Å². The maximum absolute atomic E-state index is 5.99. The summed E-state index contributed by atoms with van der Waals surface area (Å²) in [5.41, 5.74) is 9.78. The number of benzene rings is 1. The van der Waals surface area contributed by atoms with Gasteiger partial charge in [-0.15, -0.1) is 0 Å². The van der Waals surface area contributed by atoms with Crippen LogP contribution in [0.5, 0.6) is 5.75 Å². The predicted octanol–water partition coefficient (Wildman–Crippen LogP) is 3.51. The summed E-state index contributed by atoms with van der Waals surface area (Å²) in [7, 11) is 2.11. The van der Waals surface area contributed by atoms with E-state index < -0.39 is 0 Å². The van der Waals surface area contributed by atoms with E-state index in [-0.39, 0.29) is 11.5 Å². The molecule has 1 aromatic heterocycles. The molecule has 0 radical (unpaired) electrons. The molecule has 0 fully saturated rings. The van der Waals surface area contributed by atoms with Crippen LogP contribution in [0.25, 0.3) is 10.9 Å². The van der Waals surface area contributed by atoms with Crippen molar-refractivity contribution in [1.29, 1.82) is 0 Å². The number of rotatable bonds is 4. The minimum Gasteiger partial charge on any atom is -0.491 e. The highest BCUT2D eigenvalue weighted by Crippen LogP contribution is 2.36. The van der Waals surface area contributed by atoms with Gasteiger partial charge in [-0.25, -0.2) is 0 Å². The normalized spacial score (nSPS) is 12.4. The Balaban J connectivity index is 2.69. The lowest BCUT2D eigenvalue weighted by Gasteiger charge is -2.24. The zero-order valence-electron chi connectivity index (χ0n) is 13.4. The summed E-state index contributed by atoms with van der Waals surface area (Å²) in [6.45, 7) is 11.3. The average molecular weight is 274 g/mol. The summed E-state index contributed by atoms with van der Waals surface area (Å²) in [6.07, 6.45) is 0.184. The van der Waals surface area contributed by atoms with Gasteiger partial charge in [-0.2, -0.15) is 0 Å². The standard InChI is InChI=1S/C17H26N2O/c1-11(2)20-13-7-8-15-14(9-13)16(12(3)19(15)6)17(4,5)10-18/h7-9,11H,10,18H2,1-6H3. The molecule has 0 bridgehead atoms. The molecule has 3 nitrogen and oxygen atoms in total. The van der Waals surface area contributed by atoms with Crippen LogP contribution in [0, 0.1) is 6.92 Å². The summed E-state index contributed by atoms with van der Waals surface area (Å²) >= 11 is 0. The predicted molar refractivity (Wildman–Crippen MR) is 85.5 cm³/mol. The fourth-order valence-electron chi connectivity index (χ4n) is 2.85. The van der Waals surface area contributed by atoms with E-state index in [1.54, 1.807) is 0 Å². The molecular weight excluding hydrogens is 248 g/mol. The molecule has 0 saturated carbocycles. The van der Waals surface area contributed by atoms with Gasteiger partial charge in [0.05, 0.1) is 6.10 Å². The number of hydrogen-bond donors (Lipinski definition) is 1. The first-order chi connectivity index (χ1) is 9.27. The van der Waals surface area contributed by atoms with E-state index in [9.17, 15) is 0 Å². The first-order valence-electron chi connectivity index (χ1n) is 7.24. The Hall–Kier alpha value is -1.48. The van der Waals surface area contributed by atoms with Crippen LogP contribution in [-0.4, -0.2) is 17.2 Å². The lowest BCUT2D eigenvalue weighted by Crippen LogP contribution is -2.28. The molecule has 2 aromatic rings. The first kappa shape index (κ1) is 14.9. The third-order valence-corrected chi connectivity index (χ3v) is 4.02. The molecule has 2 N–H and O–H groups in total. The summed E-state index contributed by atoms with van der Waals surface area (Å²) in [5, 5.41) is 1.25. The van der Waals surface area contributed by atoms with Crippen molar-refractivity contribution in [1.82, 2.24) is 4.57 Å². The Bertz CT molecular complexity index is 623. The molecular formula is C17H26N2O. The van der Waals surface area contributed by atoms with E-state index in [0.717, 1.165) is 5.75 Å². The van der Waals surface area contributed by atoms with Gasteiger partial charge in [0.1, 0.15) is 5.75 Å². The molecule has 0 spiro atoms. The number of hydrogen-bond acceptors (Lipinski definition) is 2. The van der Waals surface area contributed by atoms with E-state index in [1.807, 2.05) is 19.9 Å². The molecule has 110 valence electrons. The highest BCUT2D eigenvalue weighted by atomic mass is 16.5. The van der Waals surface area contributed by atoms with Crippen LogP contribution in [0.4, 0.5) is 0 Å². The minimum absolute atomic E-state index is 0.0416. The fourth-order valence-corrected chi connectivity index (χ4v) is 2.85. The molecule has 0 atom stereocenters. The van der Waals surface area contributed by atoms with Gasteiger partial charge in [0.25, 0.3) is 0 Å². The smallest absolute Gasteiger partial charge is 0.120 e. The fraction of sp³-hybridized carbons (Fsp3) is 0.529. The number of aromatic nitrogens is 1. The van der Waals surface area contributed by atoms with Gasteiger partial charge in [0.15, 0.2) is 0 Å².